The van der Waals surface area contributed by atoms with E-state index >= 15 is 0 Å². The van der Waals surface area contributed by atoms with Gasteiger partial charge in [0.15, 0.2) is 6.61 Å². The summed E-state index contributed by atoms with van der Waals surface area (Å²) in [5.41, 5.74) is 3.39. The molecular formula is C24H20N6O4S. The zero-order valence-electron chi connectivity index (χ0n) is 18.3. The number of sulfonamides is 1. The highest BCUT2D eigenvalue weighted by Crippen LogP contribution is 2.36. The Balaban J connectivity index is 1.42. The number of carbonyl (C=O) groups excluding carboxylic acids is 1. The van der Waals surface area contributed by atoms with Gasteiger partial charge in [-0.2, -0.15) is 0 Å². The van der Waals surface area contributed by atoms with Gasteiger partial charge in [-0.1, -0.05) is 6.07 Å². The molecule has 4 aromatic rings. The van der Waals surface area contributed by atoms with Crippen LogP contribution in [0.5, 0.6) is 5.75 Å². The first-order valence-corrected chi connectivity index (χ1v) is 12.1. The Morgan fingerprint density at radius 1 is 1.00 bits per heavy atom. The van der Waals surface area contributed by atoms with Gasteiger partial charge in [0.2, 0.25) is 16.0 Å². The third-order valence-electron chi connectivity index (χ3n) is 5.34. The first kappa shape index (κ1) is 22.4. The monoisotopic (exact) mass is 488 g/mol. The second kappa shape index (κ2) is 9.12. The molecule has 35 heavy (non-hydrogen) atoms. The average molecular weight is 489 g/mol. The highest BCUT2D eigenvalue weighted by atomic mass is 32.2. The number of nitrogens with one attached hydrogen (secondary N) is 1. The fourth-order valence-electron chi connectivity index (χ4n) is 3.63. The molecule has 0 saturated heterocycles. The maximum absolute atomic E-state index is 12.6. The van der Waals surface area contributed by atoms with Gasteiger partial charge >= 0.3 is 0 Å². The Morgan fingerprint density at radius 2 is 1.83 bits per heavy atom. The lowest BCUT2D eigenvalue weighted by Gasteiger charge is -2.29. The van der Waals surface area contributed by atoms with Crippen molar-refractivity contribution in [3.05, 3.63) is 84.8 Å². The first-order chi connectivity index (χ1) is 16.9. The Labute approximate surface area is 201 Å². The van der Waals surface area contributed by atoms with Crippen LogP contribution in [0.25, 0.3) is 11.3 Å². The second-order valence-electron chi connectivity index (χ2n) is 7.73. The van der Waals surface area contributed by atoms with E-state index in [9.17, 15) is 13.2 Å². The number of pyridine rings is 1. The van der Waals surface area contributed by atoms with Gasteiger partial charge in [0.25, 0.3) is 5.91 Å². The Morgan fingerprint density at radius 3 is 2.57 bits per heavy atom. The number of carbonyl (C=O) groups is 1. The maximum atomic E-state index is 12.6. The van der Waals surface area contributed by atoms with E-state index in [2.05, 4.69) is 20.3 Å². The number of nitrogens with two attached hydrogens (primary N) is 1. The maximum Gasteiger partial charge on any atom is 0.265 e. The summed E-state index contributed by atoms with van der Waals surface area (Å²) in [5.74, 6) is 0.765. The first-order valence-electron chi connectivity index (χ1n) is 10.6. The zero-order valence-corrected chi connectivity index (χ0v) is 19.1. The van der Waals surface area contributed by atoms with Gasteiger partial charge in [-0.15, -0.1) is 0 Å². The summed E-state index contributed by atoms with van der Waals surface area (Å²) >= 11 is 0. The van der Waals surface area contributed by atoms with Gasteiger partial charge in [-0.25, -0.2) is 23.5 Å². The smallest absolute Gasteiger partial charge is 0.265 e. The molecule has 10 nitrogen and oxygen atoms in total. The van der Waals surface area contributed by atoms with Crippen molar-refractivity contribution >= 4 is 33.3 Å². The number of hydrogen-bond acceptors (Lipinski definition) is 8. The summed E-state index contributed by atoms with van der Waals surface area (Å²) in [5, 5.41) is 8.19. The molecule has 2 aromatic heterocycles. The van der Waals surface area contributed by atoms with Crippen LogP contribution in [0.4, 0.5) is 17.3 Å². The van der Waals surface area contributed by atoms with Crippen molar-refractivity contribution in [3.63, 3.8) is 0 Å². The number of aromatic nitrogens is 3. The lowest BCUT2D eigenvalue weighted by molar-refractivity contribution is -0.121. The fourth-order valence-corrected chi connectivity index (χ4v) is 4.14. The largest absolute Gasteiger partial charge is 0.482 e. The summed E-state index contributed by atoms with van der Waals surface area (Å²) < 4.78 is 28.5. The second-order valence-corrected chi connectivity index (χ2v) is 9.29. The van der Waals surface area contributed by atoms with Crippen molar-refractivity contribution in [3.8, 4) is 17.0 Å². The SMILES string of the molecule is NS(=O)(=O)c1ccc(Nc2nccc(-c3ccc4c(c3)N(Cc3ccccn3)C(=O)CO4)n2)cc1. The van der Waals surface area contributed by atoms with Gasteiger partial charge in [-0.3, -0.25) is 14.7 Å². The Kier molecular flexibility index (Phi) is 5.85. The number of ether oxygens (including phenoxy) is 1. The van der Waals surface area contributed by atoms with Gasteiger partial charge in [0, 0.05) is 23.6 Å². The van der Waals surface area contributed by atoms with Crippen molar-refractivity contribution in [2.75, 3.05) is 16.8 Å². The highest BCUT2D eigenvalue weighted by Gasteiger charge is 2.26. The molecule has 3 heterocycles. The van der Waals surface area contributed by atoms with Gasteiger partial charge < -0.3 is 10.1 Å². The number of hydrogen-bond donors (Lipinski definition) is 2. The molecule has 176 valence electrons. The van der Waals surface area contributed by atoms with E-state index in [0.717, 1.165) is 11.3 Å². The van der Waals surface area contributed by atoms with E-state index in [1.165, 1.54) is 12.1 Å². The van der Waals surface area contributed by atoms with Crippen molar-refractivity contribution in [2.24, 2.45) is 5.14 Å². The van der Waals surface area contributed by atoms with Gasteiger partial charge in [0.1, 0.15) is 5.75 Å². The van der Waals surface area contributed by atoms with E-state index in [-0.39, 0.29) is 17.4 Å². The van der Waals surface area contributed by atoms with Crippen molar-refractivity contribution in [1.29, 1.82) is 0 Å². The van der Waals surface area contributed by atoms with Crippen molar-refractivity contribution in [1.82, 2.24) is 15.0 Å². The average Bonchev–Trinajstić information content (AvgIpc) is 2.86. The standard InChI is InChI=1S/C24H20N6O4S/c25-35(32,33)19-7-5-17(6-8-19)28-24-27-12-10-20(29-24)16-4-9-22-21(13-16)30(23(31)15-34-22)14-18-3-1-2-11-26-18/h1-13H,14-15H2,(H2,25,32,33)(H,27,28,29). The molecule has 0 atom stereocenters. The zero-order chi connectivity index (χ0) is 24.4. The number of benzene rings is 2. The summed E-state index contributed by atoms with van der Waals surface area (Å²) in [4.78, 5) is 27.4. The molecule has 1 aliphatic rings. The van der Waals surface area contributed by atoms with Crippen LogP contribution >= 0.6 is 0 Å². The highest BCUT2D eigenvalue weighted by molar-refractivity contribution is 7.89. The molecule has 0 aliphatic carbocycles. The van der Waals surface area contributed by atoms with Crippen LogP contribution in [0.15, 0.2) is 84.0 Å². The fraction of sp³-hybridized carbons (Fsp3) is 0.0833. The Hall–Kier alpha value is -4.35. The number of fused-ring (bicyclic) bond motifs is 1. The third-order valence-corrected chi connectivity index (χ3v) is 6.27. The minimum absolute atomic E-state index is 0.0128. The molecule has 3 N–H and O–H groups in total. The van der Waals surface area contributed by atoms with Crippen LogP contribution in [-0.4, -0.2) is 35.9 Å². The topological polar surface area (TPSA) is 140 Å². The third kappa shape index (κ3) is 4.95. The van der Waals surface area contributed by atoms with Crippen LogP contribution in [0, 0.1) is 0 Å². The molecule has 5 rings (SSSR count). The van der Waals surface area contributed by atoms with Crippen molar-refractivity contribution in [2.45, 2.75) is 11.4 Å². The van der Waals surface area contributed by atoms with Crippen molar-refractivity contribution < 1.29 is 17.9 Å². The molecule has 0 saturated carbocycles. The number of rotatable bonds is 6. The van der Waals surface area contributed by atoms with Gasteiger partial charge in [0.05, 0.1) is 28.5 Å². The lowest BCUT2D eigenvalue weighted by atomic mass is 10.1. The molecule has 0 unspecified atom stereocenters. The molecule has 1 amide bonds. The number of primary sulfonamides is 1. The van der Waals surface area contributed by atoms with Crippen LogP contribution in [0.2, 0.25) is 0 Å². The number of amides is 1. The molecule has 0 spiro atoms. The van der Waals surface area contributed by atoms with E-state index in [4.69, 9.17) is 9.88 Å². The molecular weight excluding hydrogens is 468 g/mol. The van der Waals surface area contributed by atoms with E-state index in [0.29, 0.717) is 35.3 Å². The quantitative estimate of drug-likeness (QED) is 0.422. The van der Waals surface area contributed by atoms with E-state index in [1.54, 1.807) is 35.5 Å². The molecule has 0 radical (unpaired) electrons. The van der Waals surface area contributed by atoms with Crippen LogP contribution in [-0.2, 0) is 21.4 Å². The lowest BCUT2D eigenvalue weighted by Crippen LogP contribution is -2.38. The minimum Gasteiger partial charge on any atom is -0.482 e. The van der Waals surface area contributed by atoms with E-state index in [1.807, 2.05) is 36.4 Å². The molecule has 0 bridgehead atoms. The summed E-state index contributed by atoms with van der Waals surface area (Å²) in [6.45, 7) is 0.287. The normalized spacial score (nSPS) is 13.2. The van der Waals surface area contributed by atoms with Crippen LogP contribution in [0.1, 0.15) is 5.69 Å². The van der Waals surface area contributed by atoms with E-state index < -0.39 is 10.0 Å². The minimum atomic E-state index is -3.77. The molecule has 0 fully saturated rings. The predicted molar refractivity (Wildman–Crippen MR) is 129 cm³/mol. The summed E-state index contributed by atoms with van der Waals surface area (Å²) in [6, 6.07) is 18.8. The number of anilines is 3. The number of nitrogens with zero attached hydrogens (tertiary/aromatic N) is 4. The predicted octanol–water partition coefficient (Wildman–Crippen LogP) is 2.86. The molecule has 1 aliphatic heterocycles. The van der Waals surface area contributed by atoms with Gasteiger partial charge in [-0.05, 0) is 60.7 Å². The molecule has 11 heteroatoms. The Bertz CT molecular complexity index is 1490. The van der Waals surface area contributed by atoms with Crippen LogP contribution in [0.3, 0.4) is 0 Å². The summed E-state index contributed by atoms with van der Waals surface area (Å²) in [7, 11) is -3.77. The molecule has 2 aromatic carbocycles. The van der Waals surface area contributed by atoms with Crippen LogP contribution < -0.4 is 20.1 Å². The summed E-state index contributed by atoms with van der Waals surface area (Å²) in [6.07, 6.45) is 3.30.